The Morgan fingerprint density at radius 3 is 2.92 bits per heavy atom. The zero-order valence-corrected chi connectivity index (χ0v) is 14.0. The summed E-state index contributed by atoms with van der Waals surface area (Å²) >= 11 is 0. The number of fused-ring (bicyclic) bond motifs is 1. The maximum absolute atomic E-state index is 12.5. The number of anilines is 1. The van der Waals surface area contributed by atoms with Crippen molar-refractivity contribution in [3.8, 4) is 6.07 Å². The molecule has 0 unspecified atom stereocenters. The molecule has 0 radical (unpaired) electrons. The summed E-state index contributed by atoms with van der Waals surface area (Å²) in [5.41, 5.74) is 4.31. The fourth-order valence-electron chi connectivity index (χ4n) is 2.24. The number of hydrogen-bond donors (Lipinski definition) is 1. The molecule has 7 nitrogen and oxygen atoms in total. The van der Waals surface area contributed by atoms with E-state index < -0.39 is 0 Å². The molecular formula is C18H16N4O3. The second-order valence-electron chi connectivity index (χ2n) is 5.89. The Hall–Kier alpha value is -3.40. The Bertz CT molecular complexity index is 1050. The molecule has 1 N–H and O–H groups in total. The highest BCUT2D eigenvalue weighted by atomic mass is 16.4. The molecule has 0 bridgehead atoms. The summed E-state index contributed by atoms with van der Waals surface area (Å²) in [6.07, 6.45) is 2.67. The lowest BCUT2D eigenvalue weighted by molar-refractivity contribution is 0.481. The Morgan fingerprint density at radius 2 is 2.20 bits per heavy atom. The number of nitriles is 1. The quantitative estimate of drug-likeness (QED) is 0.577. The van der Waals surface area contributed by atoms with Crippen LogP contribution in [0.25, 0.3) is 11.0 Å². The highest BCUT2D eigenvalue weighted by Gasteiger charge is 2.14. The minimum Gasteiger partial charge on any atom is -0.463 e. The van der Waals surface area contributed by atoms with Gasteiger partial charge in [0.25, 0.3) is 5.88 Å². The number of nitrogens with zero attached hydrogens (tertiary/aromatic N) is 3. The molecule has 25 heavy (non-hydrogen) atoms. The first-order chi connectivity index (χ1) is 12.0. The van der Waals surface area contributed by atoms with Crippen LogP contribution < -0.4 is 10.9 Å². The Kier molecular flexibility index (Phi) is 4.35. The number of benzene rings is 1. The van der Waals surface area contributed by atoms with Gasteiger partial charge in [-0.1, -0.05) is 25.5 Å². The van der Waals surface area contributed by atoms with Gasteiger partial charge in [0, 0.05) is 5.92 Å². The predicted molar refractivity (Wildman–Crippen MR) is 93.7 cm³/mol. The maximum atomic E-state index is 12.5. The molecule has 3 aromatic rings. The van der Waals surface area contributed by atoms with Gasteiger partial charge < -0.3 is 8.83 Å². The minimum absolute atomic E-state index is 0.0439. The summed E-state index contributed by atoms with van der Waals surface area (Å²) in [6, 6.07) is 7.34. The molecule has 0 saturated heterocycles. The number of nitrogens with one attached hydrogen (secondary N) is 1. The van der Waals surface area contributed by atoms with E-state index in [2.05, 4.69) is 15.5 Å². The number of rotatable bonds is 4. The molecule has 1 aromatic carbocycles. The number of oxazole rings is 1. The van der Waals surface area contributed by atoms with Crippen LogP contribution in [0.3, 0.4) is 0 Å². The first-order valence-corrected chi connectivity index (χ1v) is 7.71. The third-order valence-corrected chi connectivity index (χ3v) is 3.57. The fourth-order valence-corrected chi connectivity index (χ4v) is 2.24. The van der Waals surface area contributed by atoms with E-state index in [0.717, 1.165) is 5.56 Å². The van der Waals surface area contributed by atoms with Crippen LogP contribution in [0.1, 0.15) is 42.5 Å². The van der Waals surface area contributed by atoms with Gasteiger partial charge in [-0.3, -0.25) is 4.79 Å². The average Bonchev–Trinajstić information content (AvgIpc) is 3.01. The van der Waals surface area contributed by atoms with E-state index in [9.17, 15) is 4.79 Å². The summed E-state index contributed by atoms with van der Waals surface area (Å²) in [5, 5.41) is 13.5. The summed E-state index contributed by atoms with van der Waals surface area (Å²) < 4.78 is 10.9. The molecule has 0 fully saturated rings. The zero-order chi connectivity index (χ0) is 18.0. The lowest BCUT2D eigenvalue weighted by atomic mass is 10.1. The average molecular weight is 336 g/mol. The highest BCUT2D eigenvalue weighted by molar-refractivity contribution is 5.86. The molecule has 0 saturated carbocycles. The van der Waals surface area contributed by atoms with Crippen molar-refractivity contribution >= 4 is 23.1 Å². The second kappa shape index (κ2) is 6.61. The summed E-state index contributed by atoms with van der Waals surface area (Å²) in [4.78, 5) is 16.6. The summed E-state index contributed by atoms with van der Waals surface area (Å²) in [6.45, 7) is 5.71. The topological polar surface area (TPSA) is 104 Å². The normalized spacial score (nSPS) is 11.3. The molecule has 3 rings (SSSR count). The highest BCUT2D eigenvalue weighted by Crippen LogP contribution is 2.22. The van der Waals surface area contributed by atoms with Crippen molar-refractivity contribution in [2.45, 2.75) is 26.7 Å². The maximum Gasteiger partial charge on any atom is 0.252 e. The van der Waals surface area contributed by atoms with Gasteiger partial charge in [-0.2, -0.15) is 10.4 Å². The van der Waals surface area contributed by atoms with Gasteiger partial charge in [0.15, 0.2) is 0 Å². The SMILES string of the molecule is Cc1ccc2occ(/C=N\Nc3oc(C(C)C)nc3C#N)c(=O)c2c1. The largest absolute Gasteiger partial charge is 0.463 e. The molecule has 0 amide bonds. The van der Waals surface area contributed by atoms with Crippen molar-refractivity contribution in [1.29, 1.82) is 5.26 Å². The van der Waals surface area contributed by atoms with E-state index in [0.29, 0.717) is 16.9 Å². The lowest BCUT2D eigenvalue weighted by Crippen LogP contribution is -2.08. The molecule has 2 aromatic heterocycles. The number of aryl methyl sites for hydroxylation is 1. The smallest absolute Gasteiger partial charge is 0.252 e. The molecule has 0 aliphatic carbocycles. The van der Waals surface area contributed by atoms with Crippen LogP contribution in [0.2, 0.25) is 0 Å². The van der Waals surface area contributed by atoms with E-state index in [1.165, 1.54) is 12.5 Å². The van der Waals surface area contributed by atoms with Crippen molar-refractivity contribution in [2.24, 2.45) is 5.10 Å². The van der Waals surface area contributed by atoms with Crippen LogP contribution in [0.15, 0.2) is 43.2 Å². The number of hydrazone groups is 1. The predicted octanol–water partition coefficient (Wildman–Crippen LogP) is 3.53. The molecule has 7 heteroatoms. The van der Waals surface area contributed by atoms with Gasteiger partial charge in [-0.05, 0) is 19.1 Å². The number of hydrogen-bond acceptors (Lipinski definition) is 7. The van der Waals surface area contributed by atoms with Crippen LogP contribution >= 0.6 is 0 Å². The van der Waals surface area contributed by atoms with Crippen molar-refractivity contribution < 1.29 is 8.83 Å². The summed E-state index contributed by atoms with van der Waals surface area (Å²) in [5.74, 6) is 0.626. The van der Waals surface area contributed by atoms with Crippen LogP contribution in [0, 0.1) is 18.3 Å². The van der Waals surface area contributed by atoms with Gasteiger partial charge in [0.2, 0.25) is 17.0 Å². The van der Waals surface area contributed by atoms with Gasteiger partial charge in [-0.25, -0.2) is 10.4 Å². The second-order valence-corrected chi connectivity index (χ2v) is 5.89. The molecule has 0 spiro atoms. The molecule has 126 valence electrons. The van der Waals surface area contributed by atoms with Crippen LogP contribution in [-0.2, 0) is 0 Å². The first kappa shape index (κ1) is 16.5. The first-order valence-electron chi connectivity index (χ1n) is 7.71. The van der Waals surface area contributed by atoms with E-state index in [1.54, 1.807) is 12.1 Å². The Morgan fingerprint density at radius 1 is 1.40 bits per heavy atom. The molecule has 2 heterocycles. The summed E-state index contributed by atoms with van der Waals surface area (Å²) in [7, 11) is 0. The molecule has 0 atom stereocenters. The van der Waals surface area contributed by atoms with Gasteiger partial charge in [-0.15, -0.1) is 0 Å². The molecule has 0 aliphatic rings. The van der Waals surface area contributed by atoms with Crippen molar-refractivity contribution in [2.75, 3.05) is 5.43 Å². The van der Waals surface area contributed by atoms with Crippen molar-refractivity contribution in [3.05, 3.63) is 57.4 Å². The van der Waals surface area contributed by atoms with E-state index in [4.69, 9.17) is 14.1 Å². The fraction of sp³-hybridized carbons (Fsp3) is 0.222. The van der Waals surface area contributed by atoms with Crippen LogP contribution in [0.4, 0.5) is 5.88 Å². The van der Waals surface area contributed by atoms with Gasteiger partial charge in [0.1, 0.15) is 17.9 Å². The monoisotopic (exact) mass is 336 g/mol. The zero-order valence-electron chi connectivity index (χ0n) is 14.0. The Labute approximate surface area is 143 Å². The molecule has 0 aliphatic heterocycles. The molecular weight excluding hydrogens is 320 g/mol. The third kappa shape index (κ3) is 3.28. The van der Waals surface area contributed by atoms with E-state index in [-0.39, 0.29) is 28.5 Å². The van der Waals surface area contributed by atoms with E-state index >= 15 is 0 Å². The third-order valence-electron chi connectivity index (χ3n) is 3.57. The number of aromatic nitrogens is 1. The van der Waals surface area contributed by atoms with Gasteiger partial charge >= 0.3 is 0 Å². The van der Waals surface area contributed by atoms with Gasteiger partial charge in [0.05, 0.1) is 17.2 Å². The van der Waals surface area contributed by atoms with E-state index in [1.807, 2.05) is 32.9 Å². The van der Waals surface area contributed by atoms with Crippen LogP contribution in [0.5, 0.6) is 0 Å². The van der Waals surface area contributed by atoms with Crippen molar-refractivity contribution in [3.63, 3.8) is 0 Å². The lowest BCUT2D eigenvalue weighted by Gasteiger charge is -2.00. The van der Waals surface area contributed by atoms with Crippen LogP contribution in [-0.4, -0.2) is 11.2 Å². The Balaban J connectivity index is 1.88. The minimum atomic E-state index is -0.184. The van der Waals surface area contributed by atoms with Crippen molar-refractivity contribution in [1.82, 2.24) is 4.98 Å². The standard InChI is InChI=1S/C18H16N4O3/c1-10(2)17-21-14(7-19)18(25-17)22-20-8-12-9-24-15-5-4-11(3)6-13(15)16(12)23/h4-6,8-10,22H,1-3H3/b20-8-.